The largest absolute Gasteiger partial charge is 0.497 e. The molecule has 1 fully saturated rings. The Morgan fingerprint density at radius 1 is 1.30 bits per heavy atom. The lowest BCUT2D eigenvalue weighted by Crippen LogP contribution is -2.53. The molecule has 4 unspecified atom stereocenters. The molecule has 0 radical (unpaired) electrons. The Bertz CT molecular complexity index is 633. The van der Waals surface area contributed by atoms with Gasteiger partial charge in [0.1, 0.15) is 17.7 Å². The average Bonchev–Trinajstić information content (AvgIpc) is 2.54. The maximum absolute atomic E-state index is 13.0. The lowest BCUT2D eigenvalue weighted by Gasteiger charge is -2.48. The Labute approximate surface area is 135 Å². The van der Waals surface area contributed by atoms with Gasteiger partial charge in [0, 0.05) is 19.5 Å². The van der Waals surface area contributed by atoms with Crippen molar-refractivity contribution in [1.82, 2.24) is 4.90 Å². The first kappa shape index (κ1) is 15.1. The van der Waals surface area contributed by atoms with Gasteiger partial charge in [-0.05, 0) is 42.2 Å². The van der Waals surface area contributed by atoms with E-state index < -0.39 is 6.10 Å². The third kappa shape index (κ3) is 2.67. The van der Waals surface area contributed by atoms with Crippen molar-refractivity contribution < 1.29 is 19.0 Å². The van der Waals surface area contributed by atoms with E-state index in [9.17, 15) is 9.50 Å². The summed E-state index contributed by atoms with van der Waals surface area (Å²) >= 11 is 0. The highest BCUT2D eigenvalue weighted by Crippen LogP contribution is 2.41. The first-order chi connectivity index (χ1) is 11.2. The predicted octanol–water partition coefficient (Wildman–Crippen LogP) is 2.37. The summed E-state index contributed by atoms with van der Waals surface area (Å²) in [4.78, 5) is 2.37. The highest BCUT2D eigenvalue weighted by Gasteiger charge is 2.43. The third-order valence-electron chi connectivity index (χ3n) is 5.23. The fraction of sp³-hybridized carbons (Fsp3) is 0.556. The predicted molar refractivity (Wildman–Crippen MR) is 84.1 cm³/mol. The number of benzene rings is 1. The van der Waals surface area contributed by atoms with E-state index in [1.165, 1.54) is 17.2 Å². The van der Waals surface area contributed by atoms with Crippen molar-refractivity contribution in [2.75, 3.05) is 20.2 Å². The van der Waals surface area contributed by atoms with Crippen LogP contribution in [0.15, 0.2) is 30.1 Å². The van der Waals surface area contributed by atoms with E-state index >= 15 is 0 Å². The summed E-state index contributed by atoms with van der Waals surface area (Å²) in [6, 6.07) is 6.15. The minimum absolute atomic E-state index is 0.00895. The molecule has 3 aliphatic rings. The zero-order valence-electron chi connectivity index (χ0n) is 13.2. The molecule has 2 aliphatic heterocycles. The lowest BCUT2D eigenvalue weighted by atomic mass is 9.83. The van der Waals surface area contributed by atoms with Crippen molar-refractivity contribution in [3.63, 3.8) is 0 Å². The summed E-state index contributed by atoms with van der Waals surface area (Å²) in [5, 5.41) is 10.5. The van der Waals surface area contributed by atoms with E-state index in [4.69, 9.17) is 9.47 Å². The van der Waals surface area contributed by atoms with Crippen LogP contribution >= 0.6 is 0 Å². The van der Waals surface area contributed by atoms with Crippen LogP contribution in [0.1, 0.15) is 30.0 Å². The topological polar surface area (TPSA) is 41.9 Å². The number of aliphatic hydroxyl groups is 1. The second-order valence-corrected chi connectivity index (χ2v) is 6.61. The van der Waals surface area contributed by atoms with Crippen LogP contribution in [0.5, 0.6) is 5.75 Å². The van der Waals surface area contributed by atoms with Crippen LogP contribution in [0.2, 0.25) is 0 Å². The Morgan fingerprint density at radius 2 is 2.13 bits per heavy atom. The summed E-state index contributed by atoms with van der Waals surface area (Å²) in [6.07, 6.45) is 2.44. The fourth-order valence-corrected chi connectivity index (χ4v) is 3.93. The van der Waals surface area contributed by atoms with Gasteiger partial charge in [-0.3, -0.25) is 4.90 Å². The standard InChI is InChI=1S/C18H22FNO3/c1-22-13-3-2-11-4-6-20-7-5-16(21)18(17(20)15(11)10-13)23-14-8-12(19)9-14/h2-3,8,10,14,16-18,21H,4-7,9H2,1H3. The van der Waals surface area contributed by atoms with Gasteiger partial charge in [-0.1, -0.05) is 6.07 Å². The van der Waals surface area contributed by atoms with E-state index in [2.05, 4.69) is 17.0 Å². The third-order valence-corrected chi connectivity index (χ3v) is 5.23. The van der Waals surface area contributed by atoms with Gasteiger partial charge in [-0.15, -0.1) is 0 Å². The second kappa shape index (κ2) is 5.89. The molecule has 23 heavy (non-hydrogen) atoms. The van der Waals surface area contributed by atoms with E-state index in [0.29, 0.717) is 12.8 Å². The van der Waals surface area contributed by atoms with Crippen molar-refractivity contribution in [2.45, 2.75) is 43.6 Å². The van der Waals surface area contributed by atoms with Crippen LogP contribution in [0.4, 0.5) is 4.39 Å². The van der Waals surface area contributed by atoms with Gasteiger partial charge in [0.2, 0.25) is 0 Å². The quantitative estimate of drug-likeness (QED) is 0.929. The zero-order valence-corrected chi connectivity index (χ0v) is 13.2. The Hall–Kier alpha value is -1.43. The van der Waals surface area contributed by atoms with Gasteiger partial charge in [0.05, 0.1) is 25.4 Å². The normalized spacial score (nSPS) is 33.3. The second-order valence-electron chi connectivity index (χ2n) is 6.61. The number of halogens is 1. The molecule has 4 atom stereocenters. The highest BCUT2D eigenvalue weighted by atomic mass is 19.1. The molecule has 0 amide bonds. The van der Waals surface area contributed by atoms with E-state index in [0.717, 1.165) is 25.3 Å². The Morgan fingerprint density at radius 3 is 2.87 bits per heavy atom. The molecule has 5 heteroatoms. The number of hydrogen-bond acceptors (Lipinski definition) is 4. The molecule has 1 aromatic carbocycles. The number of hydrogen-bond donors (Lipinski definition) is 1. The lowest BCUT2D eigenvalue weighted by molar-refractivity contribution is -0.136. The molecular formula is C18H22FNO3. The minimum atomic E-state index is -0.523. The summed E-state index contributed by atoms with van der Waals surface area (Å²) in [5.74, 6) is 0.696. The van der Waals surface area contributed by atoms with Gasteiger partial charge in [0.25, 0.3) is 0 Å². The summed E-state index contributed by atoms with van der Waals surface area (Å²) in [7, 11) is 1.66. The molecule has 124 valence electrons. The summed E-state index contributed by atoms with van der Waals surface area (Å²) < 4.78 is 24.4. The SMILES string of the molecule is COc1ccc2c(c1)C1C(OC3C=C(F)C3)C(O)CCN1CC2. The molecule has 4 rings (SSSR count). The van der Waals surface area contributed by atoms with E-state index in [1.807, 2.05) is 6.07 Å². The highest BCUT2D eigenvalue weighted by molar-refractivity contribution is 5.40. The monoisotopic (exact) mass is 319 g/mol. The van der Waals surface area contributed by atoms with Gasteiger partial charge >= 0.3 is 0 Å². The molecule has 0 spiro atoms. The number of nitrogens with zero attached hydrogens (tertiary/aromatic N) is 1. The maximum atomic E-state index is 13.0. The van der Waals surface area contributed by atoms with Crippen molar-refractivity contribution >= 4 is 0 Å². The maximum Gasteiger partial charge on any atom is 0.119 e. The van der Waals surface area contributed by atoms with Crippen LogP contribution in [-0.4, -0.2) is 48.5 Å². The van der Waals surface area contributed by atoms with Crippen molar-refractivity contribution in [3.8, 4) is 5.75 Å². The van der Waals surface area contributed by atoms with E-state index in [1.54, 1.807) is 7.11 Å². The van der Waals surface area contributed by atoms with Gasteiger partial charge in [0.15, 0.2) is 0 Å². The molecule has 2 heterocycles. The Kier molecular flexibility index (Phi) is 3.87. The zero-order chi connectivity index (χ0) is 16.0. The van der Waals surface area contributed by atoms with Crippen LogP contribution < -0.4 is 4.74 Å². The van der Waals surface area contributed by atoms with Crippen LogP contribution in [-0.2, 0) is 11.2 Å². The van der Waals surface area contributed by atoms with Crippen LogP contribution in [0.3, 0.4) is 0 Å². The van der Waals surface area contributed by atoms with Gasteiger partial charge in [-0.25, -0.2) is 4.39 Å². The van der Waals surface area contributed by atoms with Crippen LogP contribution in [0.25, 0.3) is 0 Å². The summed E-state index contributed by atoms with van der Waals surface area (Å²) in [5.41, 5.74) is 2.45. The number of aliphatic hydroxyl groups excluding tert-OH is 1. The van der Waals surface area contributed by atoms with Crippen molar-refractivity contribution in [1.29, 1.82) is 0 Å². The van der Waals surface area contributed by atoms with Crippen molar-refractivity contribution in [2.24, 2.45) is 0 Å². The molecule has 0 bridgehead atoms. The molecule has 1 N–H and O–H groups in total. The molecule has 4 nitrogen and oxygen atoms in total. The number of ether oxygens (including phenoxy) is 2. The smallest absolute Gasteiger partial charge is 0.119 e. The first-order valence-corrected chi connectivity index (χ1v) is 8.26. The van der Waals surface area contributed by atoms with Crippen LogP contribution in [0, 0.1) is 0 Å². The van der Waals surface area contributed by atoms with Gasteiger partial charge < -0.3 is 14.6 Å². The molecule has 0 saturated carbocycles. The summed E-state index contributed by atoms with van der Waals surface area (Å²) in [6.45, 7) is 1.82. The number of methoxy groups -OCH3 is 1. The minimum Gasteiger partial charge on any atom is -0.497 e. The number of rotatable bonds is 3. The van der Waals surface area contributed by atoms with Gasteiger partial charge in [-0.2, -0.15) is 0 Å². The molecule has 0 aromatic heterocycles. The molecule has 1 saturated heterocycles. The molecule has 1 aromatic rings. The number of fused-ring (bicyclic) bond motifs is 3. The van der Waals surface area contributed by atoms with Crippen molar-refractivity contribution in [3.05, 3.63) is 41.2 Å². The number of piperidine rings is 1. The first-order valence-electron chi connectivity index (χ1n) is 8.26. The Balaban J connectivity index is 1.67. The van der Waals surface area contributed by atoms with E-state index in [-0.39, 0.29) is 24.1 Å². The average molecular weight is 319 g/mol. The molecule has 1 aliphatic carbocycles. The fourth-order valence-electron chi connectivity index (χ4n) is 3.93. The molecular weight excluding hydrogens is 297 g/mol.